The van der Waals surface area contributed by atoms with Crippen molar-refractivity contribution < 1.29 is 19.2 Å². The summed E-state index contributed by atoms with van der Waals surface area (Å²) in [5.74, 6) is 1.64. The summed E-state index contributed by atoms with van der Waals surface area (Å²) in [6.45, 7) is 6.61. The molecule has 230 valence electrons. The average Bonchev–Trinajstić information content (AvgIpc) is 3.37. The van der Waals surface area contributed by atoms with E-state index in [0.29, 0.717) is 31.0 Å². The van der Waals surface area contributed by atoms with Gasteiger partial charge in [0.2, 0.25) is 5.91 Å². The van der Waals surface area contributed by atoms with E-state index < -0.39 is 6.04 Å². The summed E-state index contributed by atoms with van der Waals surface area (Å²) in [7, 11) is 0. The van der Waals surface area contributed by atoms with Crippen LogP contribution in [-0.2, 0) is 14.3 Å². The van der Waals surface area contributed by atoms with E-state index >= 15 is 0 Å². The number of hydrogen-bond acceptors (Lipinski definition) is 7. The van der Waals surface area contributed by atoms with Crippen LogP contribution in [0, 0.1) is 39.2 Å². The third kappa shape index (κ3) is 6.25. The van der Waals surface area contributed by atoms with Gasteiger partial charge in [-0.2, -0.15) is 5.10 Å². The van der Waals surface area contributed by atoms with Gasteiger partial charge in [-0.15, -0.1) is 0 Å². The summed E-state index contributed by atoms with van der Waals surface area (Å²) in [6.07, 6.45) is 11.9. The van der Waals surface area contributed by atoms with Crippen molar-refractivity contribution in [3.05, 3.63) is 56.8 Å². The van der Waals surface area contributed by atoms with Crippen LogP contribution < -0.4 is 10.7 Å². The molecule has 5 fully saturated rings. The summed E-state index contributed by atoms with van der Waals surface area (Å²) in [6, 6.07) is 5.99. The van der Waals surface area contributed by atoms with Crippen molar-refractivity contribution in [3.63, 3.8) is 0 Å². The maximum absolute atomic E-state index is 13.7. The SMILES string of the molecule is CC(C)C(NC(=O)C12CC3CC(CC(C3)C1)C2)C(=O)N/N=C/C1=C(N2CCOCC2)C(=C/c2cccc([N+](=O)[O-])c2)/CC1. The number of nitro groups is 1. The lowest BCUT2D eigenvalue weighted by Crippen LogP contribution is -2.58. The Morgan fingerprint density at radius 1 is 1.09 bits per heavy atom. The minimum Gasteiger partial charge on any atom is -0.378 e. The second-order valence-electron chi connectivity index (χ2n) is 13.6. The Morgan fingerprint density at radius 2 is 1.77 bits per heavy atom. The molecule has 10 nitrogen and oxygen atoms in total. The molecule has 6 aliphatic rings. The fourth-order valence-electron chi connectivity index (χ4n) is 8.56. The van der Waals surface area contributed by atoms with Crippen molar-refractivity contribution in [2.45, 2.75) is 71.3 Å². The van der Waals surface area contributed by atoms with E-state index in [2.05, 4.69) is 20.7 Å². The predicted octanol–water partition coefficient (Wildman–Crippen LogP) is 4.82. The Morgan fingerprint density at radius 3 is 2.40 bits per heavy atom. The van der Waals surface area contributed by atoms with E-state index in [1.807, 2.05) is 26.0 Å². The number of ether oxygens (including phenoxy) is 1. The Hall–Kier alpha value is -3.53. The minimum absolute atomic E-state index is 0.0495. The largest absolute Gasteiger partial charge is 0.378 e. The van der Waals surface area contributed by atoms with Crippen molar-refractivity contribution in [3.8, 4) is 0 Å². The summed E-state index contributed by atoms with van der Waals surface area (Å²) in [5.41, 5.74) is 6.37. The Bertz CT molecular complexity index is 1320. The zero-order chi connectivity index (χ0) is 30.1. The van der Waals surface area contributed by atoms with Gasteiger partial charge in [0.05, 0.1) is 24.4 Å². The number of carbonyl (C=O) groups is 2. The molecule has 1 atom stereocenters. The topological polar surface area (TPSA) is 126 Å². The average molecular weight is 590 g/mol. The van der Waals surface area contributed by atoms with Crippen LogP contribution in [0.4, 0.5) is 5.69 Å². The number of hydrazone groups is 1. The van der Waals surface area contributed by atoms with Gasteiger partial charge in [-0.3, -0.25) is 19.7 Å². The summed E-state index contributed by atoms with van der Waals surface area (Å²) in [4.78, 5) is 40.2. The maximum Gasteiger partial charge on any atom is 0.270 e. The van der Waals surface area contributed by atoms with Gasteiger partial charge in [-0.1, -0.05) is 26.0 Å². The fraction of sp³-hybridized carbons (Fsp3) is 0.606. The van der Waals surface area contributed by atoms with E-state index in [-0.39, 0.29) is 33.8 Å². The molecule has 1 aromatic rings. The van der Waals surface area contributed by atoms with Crippen molar-refractivity contribution >= 4 is 29.8 Å². The van der Waals surface area contributed by atoms with Crippen LogP contribution >= 0.6 is 0 Å². The first kappa shape index (κ1) is 29.5. The summed E-state index contributed by atoms with van der Waals surface area (Å²) in [5, 5.41) is 18.8. The number of hydrogen-bond donors (Lipinski definition) is 2. The summed E-state index contributed by atoms with van der Waals surface area (Å²) < 4.78 is 5.58. The molecule has 0 spiro atoms. The molecule has 2 N–H and O–H groups in total. The van der Waals surface area contributed by atoms with Gasteiger partial charge in [0.1, 0.15) is 6.04 Å². The molecule has 10 heteroatoms. The van der Waals surface area contributed by atoms with E-state index in [4.69, 9.17) is 4.74 Å². The third-order valence-corrected chi connectivity index (χ3v) is 10.2. The number of nitrogens with one attached hydrogen (secondary N) is 2. The number of non-ortho nitro benzene ring substituents is 1. The molecule has 0 radical (unpaired) electrons. The fourth-order valence-corrected chi connectivity index (χ4v) is 8.56. The van der Waals surface area contributed by atoms with E-state index in [0.717, 1.165) is 67.6 Å². The zero-order valence-corrected chi connectivity index (χ0v) is 25.2. The molecule has 1 unspecified atom stereocenters. The van der Waals surface area contributed by atoms with Crippen molar-refractivity contribution in [2.24, 2.45) is 34.2 Å². The predicted molar refractivity (Wildman–Crippen MR) is 164 cm³/mol. The number of rotatable bonds is 9. The second kappa shape index (κ2) is 12.2. The van der Waals surface area contributed by atoms with E-state index in [1.165, 1.54) is 25.3 Å². The third-order valence-electron chi connectivity index (χ3n) is 10.2. The number of allylic oxidation sites excluding steroid dienone is 2. The maximum atomic E-state index is 13.7. The number of morpholine rings is 1. The van der Waals surface area contributed by atoms with Crippen LogP contribution in [0.1, 0.15) is 70.8 Å². The lowest BCUT2D eigenvalue weighted by molar-refractivity contribution is -0.384. The van der Waals surface area contributed by atoms with Gasteiger partial charge >= 0.3 is 0 Å². The Balaban J connectivity index is 1.17. The van der Waals surface area contributed by atoms with Crippen LogP contribution in [0.2, 0.25) is 0 Å². The highest BCUT2D eigenvalue weighted by atomic mass is 16.6. The lowest BCUT2D eigenvalue weighted by Gasteiger charge is -2.55. The van der Waals surface area contributed by atoms with Gasteiger partial charge in [0.25, 0.3) is 11.6 Å². The first-order valence-corrected chi connectivity index (χ1v) is 15.9. The van der Waals surface area contributed by atoms with Crippen molar-refractivity contribution in [1.82, 2.24) is 15.6 Å². The number of nitrogens with zero attached hydrogens (tertiary/aromatic N) is 3. The standard InChI is InChI=1S/C33H43N5O5/c1-21(2)29(35-32(40)33-17-23-12-24(18-33)14-25(13-23)19-33)31(39)36-34-20-27-7-6-26(30(27)37-8-10-43-11-9-37)15-22-4-3-5-28(16-22)38(41)42/h3-5,15-16,20-21,23-25,29H,6-14,17-19H2,1-2H3,(H,35,40)(H,36,39)/b26-15+,34-20+. The number of amides is 2. The molecule has 2 amide bonds. The zero-order valence-electron chi connectivity index (χ0n) is 25.2. The van der Waals surface area contributed by atoms with Gasteiger partial charge in [0, 0.05) is 36.3 Å². The smallest absolute Gasteiger partial charge is 0.270 e. The molecule has 0 aromatic heterocycles. The molecule has 4 saturated carbocycles. The minimum atomic E-state index is -0.654. The first-order valence-electron chi connectivity index (χ1n) is 15.9. The Labute approximate surface area is 253 Å². The molecule has 43 heavy (non-hydrogen) atoms. The van der Waals surface area contributed by atoms with Crippen LogP contribution in [0.5, 0.6) is 0 Å². The molecular weight excluding hydrogens is 546 g/mol. The highest BCUT2D eigenvalue weighted by molar-refractivity contribution is 5.91. The van der Waals surface area contributed by atoms with Crippen molar-refractivity contribution in [1.29, 1.82) is 0 Å². The number of benzene rings is 1. The number of nitro benzene ring substituents is 1. The molecule has 1 aliphatic heterocycles. The summed E-state index contributed by atoms with van der Waals surface area (Å²) >= 11 is 0. The van der Waals surface area contributed by atoms with Crippen LogP contribution in [0.25, 0.3) is 6.08 Å². The molecule has 5 aliphatic carbocycles. The van der Waals surface area contributed by atoms with Crippen LogP contribution in [0.15, 0.2) is 46.2 Å². The normalized spacial score (nSPS) is 30.0. The van der Waals surface area contributed by atoms with Crippen LogP contribution in [-0.4, -0.2) is 60.2 Å². The molecule has 4 bridgehead atoms. The van der Waals surface area contributed by atoms with Crippen LogP contribution in [0.3, 0.4) is 0 Å². The highest BCUT2D eigenvalue weighted by Gasteiger charge is 2.55. The van der Waals surface area contributed by atoms with Gasteiger partial charge in [0.15, 0.2) is 0 Å². The van der Waals surface area contributed by atoms with Gasteiger partial charge in [-0.25, -0.2) is 5.43 Å². The molecule has 1 aromatic carbocycles. The van der Waals surface area contributed by atoms with E-state index in [1.54, 1.807) is 18.3 Å². The van der Waals surface area contributed by atoms with Gasteiger partial charge < -0.3 is 15.0 Å². The molecule has 1 saturated heterocycles. The first-order chi connectivity index (χ1) is 20.7. The quantitative estimate of drug-likeness (QED) is 0.242. The lowest BCUT2D eigenvalue weighted by atomic mass is 9.49. The molecule has 7 rings (SSSR count). The van der Waals surface area contributed by atoms with E-state index in [9.17, 15) is 19.7 Å². The second-order valence-corrected chi connectivity index (χ2v) is 13.6. The Kier molecular flexibility index (Phi) is 8.40. The molecule has 1 heterocycles. The molecular formula is C33H43N5O5. The van der Waals surface area contributed by atoms with Crippen molar-refractivity contribution in [2.75, 3.05) is 26.3 Å². The highest BCUT2D eigenvalue weighted by Crippen LogP contribution is 2.60. The number of carbonyl (C=O) groups excluding carboxylic acids is 2. The monoisotopic (exact) mass is 589 g/mol. The van der Waals surface area contributed by atoms with Gasteiger partial charge in [-0.05, 0) is 97.8 Å².